The number of anilines is 1. The molecule has 4 rings (SSSR count). The van der Waals surface area contributed by atoms with Crippen molar-refractivity contribution in [3.05, 3.63) is 53.7 Å². The van der Waals surface area contributed by atoms with Crippen LogP contribution in [0.2, 0.25) is 0 Å². The third-order valence-corrected chi connectivity index (χ3v) is 5.43. The zero-order valence-electron chi connectivity index (χ0n) is 18.3. The van der Waals surface area contributed by atoms with Crippen LogP contribution < -0.4 is 5.32 Å². The summed E-state index contributed by atoms with van der Waals surface area (Å²) in [6.45, 7) is 6.54. The zero-order chi connectivity index (χ0) is 22.5. The molecule has 1 saturated heterocycles. The van der Waals surface area contributed by atoms with Gasteiger partial charge in [-0.2, -0.15) is 0 Å². The van der Waals surface area contributed by atoms with Crippen LogP contribution in [0, 0.1) is 13.8 Å². The fourth-order valence-electron chi connectivity index (χ4n) is 3.62. The summed E-state index contributed by atoms with van der Waals surface area (Å²) in [5, 5.41) is 6.48. The molecule has 3 aromatic rings. The van der Waals surface area contributed by atoms with E-state index in [1.54, 1.807) is 19.2 Å². The van der Waals surface area contributed by atoms with E-state index in [0.29, 0.717) is 62.2 Å². The van der Waals surface area contributed by atoms with E-state index < -0.39 is 0 Å². The van der Waals surface area contributed by atoms with Gasteiger partial charge in [-0.05, 0) is 13.8 Å². The number of carbonyl (C=O) groups is 2. The van der Waals surface area contributed by atoms with Crippen molar-refractivity contribution < 1.29 is 18.5 Å². The standard InChI is InChI=1S/C23H27N5O4/c1-16-3-5-18(6-4-16)19-14-24-22(31-19)7-8-23(30)28-11-9-27(10-12-28)15-21(29)25-20-13-17(2)32-26-20/h3-6,13-14H,7-12,15H2,1-2H3,(H,25,26,29). The van der Waals surface area contributed by atoms with Gasteiger partial charge in [0.15, 0.2) is 17.5 Å². The molecule has 0 atom stereocenters. The van der Waals surface area contributed by atoms with Crippen molar-refractivity contribution in [2.45, 2.75) is 26.7 Å². The molecule has 168 valence electrons. The first-order valence-corrected chi connectivity index (χ1v) is 10.7. The summed E-state index contributed by atoms with van der Waals surface area (Å²) in [5.41, 5.74) is 2.16. The van der Waals surface area contributed by atoms with E-state index in [9.17, 15) is 9.59 Å². The first kappa shape index (κ1) is 21.8. The minimum absolute atomic E-state index is 0.0715. The Kier molecular flexibility index (Phi) is 6.65. The molecule has 3 heterocycles. The van der Waals surface area contributed by atoms with Crippen molar-refractivity contribution in [3.8, 4) is 11.3 Å². The maximum absolute atomic E-state index is 12.6. The normalized spacial score (nSPS) is 14.5. The third-order valence-electron chi connectivity index (χ3n) is 5.43. The SMILES string of the molecule is Cc1ccc(-c2cnc(CCC(=O)N3CCN(CC(=O)Nc4cc(C)on4)CC3)o2)cc1. The molecule has 1 aromatic carbocycles. The van der Waals surface area contributed by atoms with Gasteiger partial charge in [0.05, 0.1) is 12.7 Å². The fraction of sp³-hybridized carbons (Fsp3) is 0.391. The molecular formula is C23H27N5O4. The Hall–Kier alpha value is -3.46. The highest BCUT2D eigenvalue weighted by Gasteiger charge is 2.23. The molecule has 1 aliphatic heterocycles. The second-order valence-electron chi connectivity index (χ2n) is 8.01. The van der Waals surface area contributed by atoms with Gasteiger partial charge in [-0.25, -0.2) is 4.98 Å². The molecule has 0 aliphatic carbocycles. The average Bonchev–Trinajstić information content (AvgIpc) is 3.42. The largest absolute Gasteiger partial charge is 0.441 e. The lowest BCUT2D eigenvalue weighted by Gasteiger charge is -2.34. The Morgan fingerprint density at radius 1 is 1.09 bits per heavy atom. The number of amides is 2. The summed E-state index contributed by atoms with van der Waals surface area (Å²) in [6.07, 6.45) is 2.51. The number of hydrogen-bond donors (Lipinski definition) is 1. The fourth-order valence-corrected chi connectivity index (χ4v) is 3.62. The van der Waals surface area contributed by atoms with Crippen LogP contribution >= 0.6 is 0 Å². The lowest BCUT2D eigenvalue weighted by Crippen LogP contribution is -2.50. The number of aryl methyl sites for hydroxylation is 3. The summed E-state index contributed by atoms with van der Waals surface area (Å²) < 4.78 is 10.8. The summed E-state index contributed by atoms with van der Waals surface area (Å²) in [5.74, 6) is 2.25. The number of carbonyl (C=O) groups excluding carboxylic acids is 2. The number of oxazole rings is 1. The molecular weight excluding hydrogens is 410 g/mol. The van der Waals surface area contributed by atoms with Crippen molar-refractivity contribution >= 4 is 17.6 Å². The van der Waals surface area contributed by atoms with E-state index in [4.69, 9.17) is 8.94 Å². The number of aromatic nitrogens is 2. The maximum atomic E-state index is 12.6. The first-order valence-electron chi connectivity index (χ1n) is 10.7. The van der Waals surface area contributed by atoms with Crippen molar-refractivity contribution in [2.75, 3.05) is 38.0 Å². The summed E-state index contributed by atoms with van der Waals surface area (Å²) in [7, 11) is 0. The molecule has 2 amide bonds. The highest BCUT2D eigenvalue weighted by molar-refractivity contribution is 5.91. The summed E-state index contributed by atoms with van der Waals surface area (Å²) in [4.78, 5) is 32.9. The van der Waals surface area contributed by atoms with Crippen LogP contribution in [-0.2, 0) is 16.0 Å². The van der Waals surface area contributed by atoms with E-state index in [0.717, 1.165) is 5.56 Å². The predicted molar refractivity (Wildman–Crippen MR) is 118 cm³/mol. The maximum Gasteiger partial charge on any atom is 0.239 e. The summed E-state index contributed by atoms with van der Waals surface area (Å²) in [6, 6.07) is 9.72. The molecule has 1 N–H and O–H groups in total. The van der Waals surface area contributed by atoms with Crippen LogP contribution in [0.3, 0.4) is 0 Å². The Morgan fingerprint density at radius 3 is 2.53 bits per heavy atom. The van der Waals surface area contributed by atoms with E-state index in [2.05, 4.69) is 15.5 Å². The molecule has 0 bridgehead atoms. The Labute approximate surface area is 186 Å². The number of benzene rings is 1. The second-order valence-corrected chi connectivity index (χ2v) is 8.01. The first-order chi connectivity index (χ1) is 15.5. The van der Waals surface area contributed by atoms with Gasteiger partial charge in [-0.15, -0.1) is 0 Å². The van der Waals surface area contributed by atoms with E-state index >= 15 is 0 Å². The van der Waals surface area contributed by atoms with Crippen molar-refractivity contribution in [2.24, 2.45) is 0 Å². The predicted octanol–water partition coefficient (Wildman–Crippen LogP) is 2.66. The highest BCUT2D eigenvalue weighted by atomic mass is 16.5. The van der Waals surface area contributed by atoms with Crippen molar-refractivity contribution in [1.82, 2.24) is 19.9 Å². The van der Waals surface area contributed by atoms with E-state index in [1.807, 2.05) is 41.0 Å². The van der Waals surface area contributed by atoms with Crippen molar-refractivity contribution in [1.29, 1.82) is 0 Å². The quantitative estimate of drug-likeness (QED) is 0.606. The smallest absolute Gasteiger partial charge is 0.239 e. The lowest BCUT2D eigenvalue weighted by atomic mass is 10.1. The van der Waals surface area contributed by atoms with Crippen LogP contribution in [0.4, 0.5) is 5.82 Å². The van der Waals surface area contributed by atoms with Crippen LogP contribution in [0.1, 0.15) is 23.6 Å². The Balaban J connectivity index is 1.19. The number of piperazine rings is 1. The third kappa shape index (κ3) is 5.61. The minimum atomic E-state index is -0.147. The Morgan fingerprint density at radius 2 is 1.84 bits per heavy atom. The van der Waals surface area contributed by atoms with Crippen molar-refractivity contribution in [3.63, 3.8) is 0 Å². The lowest BCUT2D eigenvalue weighted by molar-refractivity contribution is -0.133. The molecule has 1 fully saturated rings. The molecule has 0 saturated carbocycles. The van der Waals surface area contributed by atoms with Gasteiger partial charge in [0.25, 0.3) is 0 Å². The Bertz CT molecular complexity index is 1060. The van der Waals surface area contributed by atoms with Gasteiger partial charge < -0.3 is 19.2 Å². The number of rotatable bonds is 7. The average molecular weight is 438 g/mol. The van der Waals surface area contributed by atoms with E-state index in [-0.39, 0.29) is 18.4 Å². The van der Waals surface area contributed by atoms with Gasteiger partial charge in [-0.1, -0.05) is 35.0 Å². The van der Waals surface area contributed by atoms with Crippen LogP contribution in [-0.4, -0.2) is 64.5 Å². The monoisotopic (exact) mass is 437 g/mol. The summed E-state index contributed by atoms with van der Waals surface area (Å²) >= 11 is 0. The topological polar surface area (TPSA) is 105 Å². The number of nitrogens with zero attached hydrogens (tertiary/aromatic N) is 4. The molecule has 0 spiro atoms. The molecule has 0 unspecified atom stereocenters. The molecule has 0 radical (unpaired) electrons. The zero-order valence-corrected chi connectivity index (χ0v) is 18.3. The molecule has 9 nitrogen and oxygen atoms in total. The molecule has 9 heteroatoms. The minimum Gasteiger partial charge on any atom is -0.441 e. The van der Waals surface area contributed by atoms with Gasteiger partial charge in [-0.3, -0.25) is 14.5 Å². The highest BCUT2D eigenvalue weighted by Crippen LogP contribution is 2.21. The molecule has 2 aromatic heterocycles. The van der Waals surface area contributed by atoms with E-state index in [1.165, 1.54) is 5.56 Å². The van der Waals surface area contributed by atoms with Gasteiger partial charge in [0.2, 0.25) is 11.8 Å². The molecule has 32 heavy (non-hydrogen) atoms. The van der Waals surface area contributed by atoms with Gasteiger partial charge in [0.1, 0.15) is 5.76 Å². The number of hydrogen-bond acceptors (Lipinski definition) is 7. The van der Waals surface area contributed by atoms with Gasteiger partial charge >= 0.3 is 0 Å². The van der Waals surface area contributed by atoms with Crippen LogP contribution in [0.25, 0.3) is 11.3 Å². The number of nitrogens with one attached hydrogen (secondary N) is 1. The molecule has 1 aliphatic rings. The van der Waals surface area contributed by atoms with Crippen LogP contribution in [0.15, 0.2) is 45.5 Å². The van der Waals surface area contributed by atoms with Crippen LogP contribution in [0.5, 0.6) is 0 Å². The second kappa shape index (κ2) is 9.78. The van der Waals surface area contributed by atoms with Gasteiger partial charge in [0, 0.05) is 50.7 Å².